The molecule has 0 aromatic heterocycles. The quantitative estimate of drug-likeness (QED) is 0.825. The van der Waals surface area contributed by atoms with Crippen LogP contribution >= 0.6 is 0 Å². The van der Waals surface area contributed by atoms with Crippen molar-refractivity contribution < 1.29 is 14.7 Å². The monoisotopic (exact) mass is 250 g/mol. The number of benzene rings is 1. The molecule has 18 heavy (non-hydrogen) atoms. The zero-order valence-corrected chi connectivity index (χ0v) is 10.9. The van der Waals surface area contributed by atoms with E-state index in [-0.39, 0.29) is 5.91 Å². The van der Waals surface area contributed by atoms with Crippen LogP contribution < -0.4 is 10.2 Å². The van der Waals surface area contributed by atoms with E-state index in [9.17, 15) is 9.59 Å². The Bertz CT molecular complexity index is 458. The summed E-state index contributed by atoms with van der Waals surface area (Å²) in [6, 6.07) is 5.15. The Hall–Kier alpha value is -2.04. The number of carboxylic acids is 1. The van der Waals surface area contributed by atoms with Crippen LogP contribution in [-0.4, -0.2) is 37.6 Å². The van der Waals surface area contributed by atoms with Gasteiger partial charge in [-0.2, -0.15) is 0 Å². The van der Waals surface area contributed by atoms with Gasteiger partial charge in [0, 0.05) is 32.7 Å². The summed E-state index contributed by atoms with van der Waals surface area (Å²) in [6.07, 6.45) is 0.409. The Kier molecular flexibility index (Phi) is 4.71. The molecule has 0 saturated heterocycles. The third-order valence-electron chi connectivity index (χ3n) is 2.83. The van der Waals surface area contributed by atoms with Gasteiger partial charge in [0.15, 0.2) is 0 Å². The highest BCUT2D eigenvalue weighted by Crippen LogP contribution is 2.18. The second-order valence-corrected chi connectivity index (χ2v) is 4.15. The lowest BCUT2D eigenvalue weighted by atomic mass is 10.1. The van der Waals surface area contributed by atoms with Crippen molar-refractivity contribution in [2.75, 3.05) is 25.5 Å². The molecule has 0 bridgehead atoms. The van der Waals surface area contributed by atoms with Gasteiger partial charge in [-0.3, -0.25) is 4.79 Å². The molecule has 1 aromatic carbocycles. The SMILES string of the molecule is CNC(=O)CCN(C)c1ccc(C(=O)O)c(C)c1. The average Bonchev–Trinajstić information content (AvgIpc) is 2.34. The minimum atomic E-state index is -0.924. The maximum Gasteiger partial charge on any atom is 0.335 e. The Morgan fingerprint density at radius 2 is 2.06 bits per heavy atom. The molecular weight excluding hydrogens is 232 g/mol. The number of nitrogens with zero attached hydrogens (tertiary/aromatic N) is 1. The Morgan fingerprint density at radius 1 is 1.39 bits per heavy atom. The van der Waals surface area contributed by atoms with Gasteiger partial charge in [-0.25, -0.2) is 4.79 Å². The first-order chi connectivity index (χ1) is 8.45. The van der Waals surface area contributed by atoms with Crippen LogP contribution in [0.15, 0.2) is 18.2 Å². The average molecular weight is 250 g/mol. The number of carboxylic acid groups (broad SMARTS) is 1. The molecule has 5 heteroatoms. The van der Waals surface area contributed by atoms with Gasteiger partial charge in [0.1, 0.15) is 0 Å². The van der Waals surface area contributed by atoms with Gasteiger partial charge in [-0.15, -0.1) is 0 Å². The van der Waals surface area contributed by atoms with E-state index in [1.807, 2.05) is 18.0 Å². The molecule has 1 rings (SSSR count). The Balaban J connectivity index is 2.75. The van der Waals surface area contributed by atoms with Crippen molar-refractivity contribution in [3.05, 3.63) is 29.3 Å². The summed E-state index contributed by atoms with van der Waals surface area (Å²) in [4.78, 5) is 24.0. The lowest BCUT2D eigenvalue weighted by molar-refractivity contribution is -0.120. The van der Waals surface area contributed by atoms with Crippen LogP contribution in [0.1, 0.15) is 22.3 Å². The van der Waals surface area contributed by atoms with Gasteiger partial charge in [0.2, 0.25) is 5.91 Å². The van der Waals surface area contributed by atoms with Crippen molar-refractivity contribution in [1.82, 2.24) is 5.32 Å². The molecule has 0 aliphatic heterocycles. The molecule has 98 valence electrons. The summed E-state index contributed by atoms with van der Waals surface area (Å²) in [5.74, 6) is -0.937. The predicted molar refractivity (Wildman–Crippen MR) is 70.1 cm³/mol. The lowest BCUT2D eigenvalue weighted by Gasteiger charge is -2.19. The minimum absolute atomic E-state index is 0.0132. The molecule has 0 radical (unpaired) electrons. The summed E-state index contributed by atoms with van der Waals surface area (Å²) in [5, 5.41) is 11.5. The number of carbonyl (C=O) groups excluding carboxylic acids is 1. The molecule has 0 fully saturated rings. The molecule has 0 spiro atoms. The van der Waals surface area contributed by atoms with Crippen molar-refractivity contribution in [3.8, 4) is 0 Å². The third kappa shape index (κ3) is 3.48. The van der Waals surface area contributed by atoms with E-state index in [0.717, 1.165) is 5.69 Å². The van der Waals surface area contributed by atoms with Gasteiger partial charge >= 0.3 is 5.97 Å². The van der Waals surface area contributed by atoms with Crippen LogP contribution in [0.5, 0.6) is 0 Å². The van der Waals surface area contributed by atoms with Crippen molar-refractivity contribution in [3.63, 3.8) is 0 Å². The van der Waals surface area contributed by atoms with E-state index < -0.39 is 5.97 Å². The smallest absolute Gasteiger partial charge is 0.335 e. The molecule has 0 heterocycles. The van der Waals surface area contributed by atoms with Gasteiger partial charge in [0.25, 0.3) is 0 Å². The van der Waals surface area contributed by atoms with E-state index in [1.165, 1.54) is 0 Å². The van der Waals surface area contributed by atoms with Gasteiger partial charge in [-0.1, -0.05) is 0 Å². The van der Waals surface area contributed by atoms with Crippen LogP contribution in [0.25, 0.3) is 0 Å². The van der Waals surface area contributed by atoms with E-state index in [0.29, 0.717) is 24.1 Å². The first-order valence-electron chi connectivity index (χ1n) is 5.71. The molecule has 2 N–H and O–H groups in total. The molecule has 5 nitrogen and oxygen atoms in total. The maximum absolute atomic E-state index is 11.1. The Labute approximate surface area is 106 Å². The zero-order chi connectivity index (χ0) is 13.7. The molecule has 0 aliphatic rings. The third-order valence-corrected chi connectivity index (χ3v) is 2.83. The highest BCUT2D eigenvalue weighted by molar-refractivity contribution is 5.89. The highest BCUT2D eigenvalue weighted by Gasteiger charge is 2.09. The van der Waals surface area contributed by atoms with Crippen molar-refractivity contribution in [2.24, 2.45) is 0 Å². The zero-order valence-electron chi connectivity index (χ0n) is 10.9. The number of carbonyl (C=O) groups is 2. The van der Waals surface area contributed by atoms with E-state index in [4.69, 9.17) is 5.11 Å². The molecule has 0 atom stereocenters. The van der Waals surface area contributed by atoms with Crippen molar-refractivity contribution in [1.29, 1.82) is 0 Å². The van der Waals surface area contributed by atoms with Crippen LogP contribution in [0.4, 0.5) is 5.69 Å². The maximum atomic E-state index is 11.1. The van der Waals surface area contributed by atoms with E-state index >= 15 is 0 Å². The summed E-state index contributed by atoms with van der Waals surface area (Å²) in [5.41, 5.74) is 1.92. The van der Waals surface area contributed by atoms with Crippen molar-refractivity contribution >= 4 is 17.6 Å². The van der Waals surface area contributed by atoms with Gasteiger partial charge in [0.05, 0.1) is 5.56 Å². The summed E-state index contributed by atoms with van der Waals surface area (Å²) in [7, 11) is 3.48. The fourth-order valence-corrected chi connectivity index (χ4v) is 1.65. The second kappa shape index (κ2) is 6.05. The number of anilines is 1. The molecule has 0 aliphatic carbocycles. The first kappa shape index (κ1) is 14.0. The van der Waals surface area contributed by atoms with Crippen LogP contribution in [0.2, 0.25) is 0 Å². The number of hydrogen-bond donors (Lipinski definition) is 2. The molecule has 1 amide bonds. The lowest BCUT2D eigenvalue weighted by Crippen LogP contribution is -2.26. The van der Waals surface area contributed by atoms with Gasteiger partial charge < -0.3 is 15.3 Å². The first-order valence-corrected chi connectivity index (χ1v) is 5.71. The molecule has 0 unspecified atom stereocenters. The molecular formula is C13H18N2O3. The number of aryl methyl sites for hydroxylation is 1. The number of aromatic carboxylic acids is 1. The highest BCUT2D eigenvalue weighted by atomic mass is 16.4. The van der Waals surface area contributed by atoms with Crippen molar-refractivity contribution in [2.45, 2.75) is 13.3 Å². The topological polar surface area (TPSA) is 69.6 Å². The van der Waals surface area contributed by atoms with E-state index in [2.05, 4.69) is 5.32 Å². The van der Waals surface area contributed by atoms with Crippen LogP contribution in [0.3, 0.4) is 0 Å². The fourth-order valence-electron chi connectivity index (χ4n) is 1.65. The number of nitrogens with one attached hydrogen (secondary N) is 1. The largest absolute Gasteiger partial charge is 0.478 e. The standard InChI is InChI=1S/C13H18N2O3/c1-9-8-10(4-5-11(9)13(17)18)15(3)7-6-12(16)14-2/h4-5,8H,6-7H2,1-3H3,(H,14,16)(H,17,18). The predicted octanol–water partition coefficient (Wildman–Crippen LogP) is 1.27. The van der Waals surface area contributed by atoms with E-state index in [1.54, 1.807) is 26.1 Å². The summed E-state index contributed by atoms with van der Waals surface area (Å²) < 4.78 is 0. The summed E-state index contributed by atoms with van der Waals surface area (Å²) in [6.45, 7) is 2.35. The number of amides is 1. The Morgan fingerprint density at radius 3 is 2.56 bits per heavy atom. The fraction of sp³-hybridized carbons (Fsp3) is 0.385. The van der Waals surface area contributed by atoms with Crippen LogP contribution in [0, 0.1) is 6.92 Å². The normalized spacial score (nSPS) is 9.94. The second-order valence-electron chi connectivity index (χ2n) is 4.15. The molecule has 0 saturated carbocycles. The minimum Gasteiger partial charge on any atom is -0.478 e. The van der Waals surface area contributed by atoms with Crippen LogP contribution in [-0.2, 0) is 4.79 Å². The number of rotatable bonds is 5. The molecule has 1 aromatic rings. The van der Waals surface area contributed by atoms with Gasteiger partial charge in [-0.05, 0) is 30.7 Å². The summed E-state index contributed by atoms with van der Waals surface area (Å²) >= 11 is 0. The number of hydrogen-bond acceptors (Lipinski definition) is 3.